The van der Waals surface area contributed by atoms with Crippen LogP contribution in [0.15, 0.2) is 0 Å². The van der Waals surface area contributed by atoms with Crippen molar-refractivity contribution in [1.82, 2.24) is 10.2 Å². The molecule has 1 N–H and O–H groups in total. The molecule has 64 valence electrons. The van der Waals surface area contributed by atoms with E-state index in [0.717, 1.165) is 39.4 Å². The standard InChI is InChI=1S/C8H16N2O/c1-2-9-3-4-10-5-7-11-8-6-10/h1,9H,2-8H2. The molecule has 0 unspecified atom stereocenters. The Morgan fingerprint density at radius 2 is 2.09 bits per heavy atom. The van der Waals surface area contributed by atoms with E-state index in [-0.39, 0.29) is 0 Å². The number of hydrogen-bond donors (Lipinski definition) is 1. The fourth-order valence-corrected chi connectivity index (χ4v) is 1.16. The lowest BCUT2D eigenvalue weighted by molar-refractivity contribution is 0.0385. The van der Waals surface area contributed by atoms with Crippen LogP contribution in [0.1, 0.15) is 0 Å². The summed E-state index contributed by atoms with van der Waals surface area (Å²) in [5.41, 5.74) is 0. The Bertz CT molecular complexity index is 92.1. The average Bonchev–Trinajstić information content (AvgIpc) is 2.07. The smallest absolute Gasteiger partial charge is 0.0594 e. The van der Waals surface area contributed by atoms with Gasteiger partial charge in [-0.3, -0.25) is 4.90 Å². The summed E-state index contributed by atoms with van der Waals surface area (Å²) in [4.78, 5) is 2.38. The van der Waals surface area contributed by atoms with Crippen molar-refractivity contribution in [2.75, 3.05) is 45.9 Å². The molecule has 1 saturated heterocycles. The largest absolute Gasteiger partial charge is 0.379 e. The number of nitrogens with one attached hydrogen (secondary N) is 1. The fourth-order valence-electron chi connectivity index (χ4n) is 1.16. The SMILES string of the molecule is [CH]CNCCN1CCOCC1. The maximum absolute atomic E-state index is 5.29. The van der Waals surface area contributed by atoms with Gasteiger partial charge in [0, 0.05) is 26.2 Å². The molecule has 0 aromatic carbocycles. The van der Waals surface area contributed by atoms with Crippen LogP contribution in [0.3, 0.4) is 0 Å². The van der Waals surface area contributed by atoms with E-state index in [1.54, 1.807) is 0 Å². The molecular weight excluding hydrogens is 140 g/mol. The van der Waals surface area contributed by atoms with Crippen LogP contribution in [0.5, 0.6) is 0 Å². The predicted molar refractivity (Wildman–Crippen MR) is 44.4 cm³/mol. The predicted octanol–water partition coefficient (Wildman–Crippen LogP) is -0.381. The van der Waals surface area contributed by atoms with E-state index in [1.165, 1.54) is 0 Å². The summed E-state index contributed by atoms with van der Waals surface area (Å²) in [5.74, 6) is 0. The molecule has 0 aliphatic carbocycles. The number of hydrogen-bond acceptors (Lipinski definition) is 3. The molecule has 1 fully saturated rings. The molecule has 0 saturated carbocycles. The van der Waals surface area contributed by atoms with Crippen LogP contribution in [-0.4, -0.2) is 50.8 Å². The first kappa shape index (κ1) is 8.97. The van der Waals surface area contributed by atoms with Gasteiger partial charge in [0.2, 0.25) is 0 Å². The summed E-state index contributed by atoms with van der Waals surface area (Å²) >= 11 is 0. The highest BCUT2D eigenvalue weighted by Crippen LogP contribution is 1.94. The molecule has 11 heavy (non-hydrogen) atoms. The van der Waals surface area contributed by atoms with Crippen LogP contribution < -0.4 is 5.32 Å². The third kappa shape index (κ3) is 3.70. The van der Waals surface area contributed by atoms with Crippen LogP contribution in [0.25, 0.3) is 0 Å². The lowest BCUT2D eigenvalue weighted by Gasteiger charge is -2.26. The minimum atomic E-state index is 0.574. The molecule has 0 spiro atoms. The topological polar surface area (TPSA) is 24.5 Å². The Morgan fingerprint density at radius 3 is 2.73 bits per heavy atom. The Balaban J connectivity index is 1.96. The Hall–Kier alpha value is -0.120. The van der Waals surface area contributed by atoms with Gasteiger partial charge in [0.15, 0.2) is 0 Å². The maximum atomic E-state index is 5.29. The molecule has 0 atom stereocenters. The van der Waals surface area contributed by atoms with E-state index in [4.69, 9.17) is 11.7 Å². The van der Waals surface area contributed by atoms with Gasteiger partial charge in [-0.1, -0.05) is 0 Å². The van der Waals surface area contributed by atoms with Gasteiger partial charge in [0.1, 0.15) is 0 Å². The second kappa shape index (κ2) is 5.52. The highest BCUT2D eigenvalue weighted by atomic mass is 16.5. The van der Waals surface area contributed by atoms with Crippen molar-refractivity contribution >= 4 is 0 Å². The van der Waals surface area contributed by atoms with Gasteiger partial charge < -0.3 is 10.1 Å². The van der Waals surface area contributed by atoms with Crippen molar-refractivity contribution < 1.29 is 4.74 Å². The van der Waals surface area contributed by atoms with Gasteiger partial charge in [-0.15, -0.1) is 0 Å². The zero-order chi connectivity index (χ0) is 7.94. The van der Waals surface area contributed by atoms with E-state index in [2.05, 4.69) is 10.2 Å². The monoisotopic (exact) mass is 156 g/mol. The Kier molecular flexibility index (Phi) is 4.50. The summed E-state index contributed by atoms with van der Waals surface area (Å²) in [6, 6.07) is 0. The van der Waals surface area contributed by atoms with Gasteiger partial charge in [-0.05, 0) is 13.5 Å². The first-order valence-electron chi connectivity index (χ1n) is 4.14. The molecule has 0 bridgehead atoms. The summed E-state index contributed by atoms with van der Waals surface area (Å²) in [6.07, 6.45) is 0. The molecule has 1 rings (SSSR count). The maximum Gasteiger partial charge on any atom is 0.0594 e. The van der Waals surface area contributed by atoms with Crippen LogP contribution in [0.4, 0.5) is 0 Å². The van der Waals surface area contributed by atoms with Gasteiger partial charge in [0.05, 0.1) is 13.2 Å². The number of rotatable bonds is 4. The molecule has 0 amide bonds. The fraction of sp³-hybridized carbons (Fsp3) is 0.875. The molecule has 3 heteroatoms. The van der Waals surface area contributed by atoms with Crippen molar-refractivity contribution in [2.24, 2.45) is 0 Å². The molecule has 1 aliphatic rings. The second-order valence-corrected chi connectivity index (χ2v) is 2.66. The molecular formula is C8H16N2O. The van der Waals surface area contributed by atoms with Crippen LogP contribution >= 0.6 is 0 Å². The summed E-state index contributed by atoms with van der Waals surface area (Å²) < 4.78 is 5.22. The zero-order valence-electron chi connectivity index (χ0n) is 6.88. The van der Waals surface area contributed by atoms with Gasteiger partial charge in [-0.2, -0.15) is 0 Å². The van der Waals surface area contributed by atoms with Crippen molar-refractivity contribution in [3.63, 3.8) is 0 Å². The number of ether oxygens (including phenoxy) is 1. The minimum Gasteiger partial charge on any atom is -0.379 e. The van der Waals surface area contributed by atoms with E-state index in [9.17, 15) is 0 Å². The van der Waals surface area contributed by atoms with Crippen molar-refractivity contribution in [3.8, 4) is 0 Å². The highest BCUT2D eigenvalue weighted by molar-refractivity contribution is 4.62. The Morgan fingerprint density at radius 1 is 1.36 bits per heavy atom. The van der Waals surface area contributed by atoms with E-state index < -0.39 is 0 Å². The lowest BCUT2D eigenvalue weighted by Crippen LogP contribution is -2.40. The third-order valence-corrected chi connectivity index (χ3v) is 1.85. The lowest BCUT2D eigenvalue weighted by atomic mass is 10.4. The van der Waals surface area contributed by atoms with Crippen LogP contribution in [0.2, 0.25) is 0 Å². The normalized spacial score (nSPS) is 20.5. The molecule has 1 aliphatic heterocycles. The summed E-state index contributed by atoms with van der Waals surface area (Å²) in [7, 11) is 0. The molecule has 0 aromatic heterocycles. The van der Waals surface area contributed by atoms with E-state index in [0.29, 0.717) is 6.54 Å². The molecule has 2 radical (unpaired) electrons. The number of morpholine rings is 1. The number of nitrogens with zero attached hydrogens (tertiary/aromatic N) is 1. The first-order chi connectivity index (χ1) is 5.43. The van der Waals surface area contributed by atoms with Gasteiger partial charge in [0.25, 0.3) is 0 Å². The summed E-state index contributed by atoms with van der Waals surface area (Å²) in [5, 5.41) is 3.09. The van der Waals surface area contributed by atoms with Crippen molar-refractivity contribution in [2.45, 2.75) is 0 Å². The highest BCUT2D eigenvalue weighted by Gasteiger charge is 2.08. The van der Waals surface area contributed by atoms with Crippen LogP contribution in [-0.2, 0) is 4.74 Å². The average molecular weight is 156 g/mol. The second-order valence-electron chi connectivity index (χ2n) is 2.66. The quantitative estimate of drug-likeness (QED) is 0.561. The van der Waals surface area contributed by atoms with Gasteiger partial charge >= 0.3 is 0 Å². The minimum absolute atomic E-state index is 0.574. The van der Waals surface area contributed by atoms with Gasteiger partial charge in [-0.25, -0.2) is 0 Å². The van der Waals surface area contributed by atoms with E-state index >= 15 is 0 Å². The third-order valence-electron chi connectivity index (χ3n) is 1.85. The zero-order valence-corrected chi connectivity index (χ0v) is 6.88. The first-order valence-corrected chi connectivity index (χ1v) is 4.14. The van der Waals surface area contributed by atoms with Crippen molar-refractivity contribution in [1.29, 1.82) is 0 Å². The van der Waals surface area contributed by atoms with E-state index in [1.807, 2.05) is 0 Å². The molecule has 1 heterocycles. The van der Waals surface area contributed by atoms with Crippen LogP contribution in [0, 0.1) is 6.92 Å². The Labute approximate surface area is 68.7 Å². The molecule has 0 aromatic rings. The van der Waals surface area contributed by atoms with Crippen molar-refractivity contribution in [3.05, 3.63) is 6.92 Å². The molecule has 3 nitrogen and oxygen atoms in total. The summed E-state index contributed by atoms with van der Waals surface area (Å²) in [6.45, 7) is 11.8.